The standard InChI is InChI=1S/C9H15N5O3S/c1-14-7(4-5-11-14)18(16,17)13-8(6-2-3-6)9(10)12-15/h4-6,8,13,15H,2-3H2,1H3,(H2,10,12). The van der Waals surface area contributed by atoms with Gasteiger partial charge in [-0.1, -0.05) is 5.16 Å². The van der Waals surface area contributed by atoms with Crippen LogP contribution in [0.3, 0.4) is 0 Å². The second-order valence-electron chi connectivity index (χ2n) is 4.25. The number of aryl methyl sites for hydroxylation is 1. The molecule has 0 bridgehead atoms. The van der Waals surface area contributed by atoms with Crippen LogP contribution in [0.15, 0.2) is 22.4 Å². The third-order valence-electron chi connectivity index (χ3n) is 2.86. The lowest BCUT2D eigenvalue weighted by Crippen LogP contribution is -2.46. The molecule has 0 aromatic carbocycles. The number of amidine groups is 1. The van der Waals surface area contributed by atoms with E-state index in [-0.39, 0.29) is 16.8 Å². The van der Waals surface area contributed by atoms with Crippen LogP contribution in [0.2, 0.25) is 0 Å². The molecule has 1 aromatic rings. The third kappa shape index (κ3) is 2.46. The molecule has 1 saturated carbocycles. The first-order valence-electron chi connectivity index (χ1n) is 5.43. The maximum absolute atomic E-state index is 12.1. The molecule has 1 aliphatic carbocycles. The number of nitrogens with one attached hydrogen (secondary N) is 1. The molecule has 0 aliphatic heterocycles. The summed E-state index contributed by atoms with van der Waals surface area (Å²) in [5.74, 6) is -0.0351. The van der Waals surface area contributed by atoms with Crippen molar-refractivity contribution in [1.82, 2.24) is 14.5 Å². The number of nitrogens with zero attached hydrogens (tertiary/aromatic N) is 3. The van der Waals surface area contributed by atoms with E-state index in [9.17, 15) is 8.42 Å². The quantitative estimate of drug-likeness (QED) is 0.281. The highest BCUT2D eigenvalue weighted by Crippen LogP contribution is 2.33. The van der Waals surface area contributed by atoms with Gasteiger partial charge in [0.1, 0.15) is 0 Å². The van der Waals surface area contributed by atoms with Crippen molar-refractivity contribution in [1.29, 1.82) is 0 Å². The van der Waals surface area contributed by atoms with Crippen LogP contribution in [0.25, 0.3) is 0 Å². The Balaban J connectivity index is 2.24. The molecule has 18 heavy (non-hydrogen) atoms. The van der Waals surface area contributed by atoms with E-state index in [1.165, 1.54) is 24.0 Å². The van der Waals surface area contributed by atoms with Crippen molar-refractivity contribution in [2.45, 2.75) is 23.9 Å². The fourth-order valence-electron chi connectivity index (χ4n) is 1.74. The van der Waals surface area contributed by atoms with Crippen molar-refractivity contribution >= 4 is 15.9 Å². The summed E-state index contributed by atoms with van der Waals surface area (Å²) in [6.45, 7) is 0. The molecule has 100 valence electrons. The Kier molecular flexibility index (Phi) is 3.26. The largest absolute Gasteiger partial charge is 0.409 e. The first-order valence-corrected chi connectivity index (χ1v) is 6.92. The molecule has 1 fully saturated rings. The third-order valence-corrected chi connectivity index (χ3v) is 4.38. The van der Waals surface area contributed by atoms with Gasteiger partial charge in [0.2, 0.25) is 0 Å². The number of nitrogens with two attached hydrogens (primary N) is 1. The smallest absolute Gasteiger partial charge is 0.258 e. The van der Waals surface area contributed by atoms with Gasteiger partial charge in [0, 0.05) is 7.05 Å². The van der Waals surface area contributed by atoms with E-state index in [2.05, 4.69) is 15.0 Å². The molecule has 1 heterocycles. The minimum atomic E-state index is -3.73. The van der Waals surface area contributed by atoms with Crippen molar-refractivity contribution < 1.29 is 13.6 Å². The van der Waals surface area contributed by atoms with E-state index in [4.69, 9.17) is 10.9 Å². The van der Waals surface area contributed by atoms with Crippen molar-refractivity contribution in [2.24, 2.45) is 23.9 Å². The summed E-state index contributed by atoms with van der Waals surface area (Å²) in [7, 11) is -2.20. The molecule has 1 aliphatic rings. The Labute approximate surface area is 105 Å². The predicted octanol–water partition coefficient (Wildman–Crippen LogP) is -0.777. The molecule has 1 unspecified atom stereocenters. The number of sulfonamides is 1. The zero-order chi connectivity index (χ0) is 13.3. The van der Waals surface area contributed by atoms with Crippen LogP contribution < -0.4 is 10.5 Å². The second kappa shape index (κ2) is 4.58. The maximum Gasteiger partial charge on any atom is 0.258 e. The first-order chi connectivity index (χ1) is 8.45. The topological polar surface area (TPSA) is 123 Å². The lowest BCUT2D eigenvalue weighted by Gasteiger charge is -2.16. The fourth-order valence-corrected chi connectivity index (χ4v) is 3.15. The van der Waals surface area contributed by atoms with Crippen LogP contribution >= 0.6 is 0 Å². The van der Waals surface area contributed by atoms with Gasteiger partial charge < -0.3 is 10.9 Å². The highest BCUT2D eigenvalue weighted by Gasteiger charge is 2.37. The SMILES string of the molecule is Cn1nccc1S(=O)(=O)NC(/C(N)=N/O)C1CC1. The molecule has 0 spiro atoms. The van der Waals surface area contributed by atoms with Crippen LogP contribution in [0.5, 0.6) is 0 Å². The average molecular weight is 273 g/mol. The van der Waals surface area contributed by atoms with Crippen molar-refractivity contribution in [2.75, 3.05) is 0 Å². The molecular weight excluding hydrogens is 258 g/mol. The highest BCUT2D eigenvalue weighted by molar-refractivity contribution is 7.89. The number of hydrogen-bond donors (Lipinski definition) is 3. The van der Waals surface area contributed by atoms with Crippen LogP contribution in [0.1, 0.15) is 12.8 Å². The average Bonchev–Trinajstić information content (AvgIpc) is 3.07. The Morgan fingerprint density at radius 3 is 2.83 bits per heavy atom. The summed E-state index contributed by atoms with van der Waals surface area (Å²) in [4.78, 5) is 0. The van der Waals surface area contributed by atoms with Gasteiger partial charge in [-0.2, -0.15) is 9.82 Å². The van der Waals surface area contributed by atoms with Crippen LogP contribution in [-0.4, -0.2) is 35.3 Å². The van der Waals surface area contributed by atoms with Crippen molar-refractivity contribution in [3.05, 3.63) is 12.3 Å². The molecular formula is C9H15N5O3S. The minimum absolute atomic E-state index is 0.0406. The fraction of sp³-hybridized carbons (Fsp3) is 0.556. The summed E-state index contributed by atoms with van der Waals surface area (Å²) in [6.07, 6.45) is 3.10. The molecule has 2 rings (SSSR count). The molecule has 4 N–H and O–H groups in total. The van der Waals surface area contributed by atoms with E-state index in [1.807, 2.05) is 0 Å². The van der Waals surface area contributed by atoms with Gasteiger partial charge in [0.25, 0.3) is 10.0 Å². The zero-order valence-electron chi connectivity index (χ0n) is 9.81. The number of hydrogen-bond acceptors (Lipinski definition) is 5. The normalized spacial score (nSPS) is 18.8. The van der Waals surface area contributed by atoms with Gasteiger partial charge in [0.05, 0.1) is 12.2 Å². The van der Waals surface area contributed by atoms with Gasteiger partial charge in [-0.05, 0) is 24.8 Å². The number of aromatic nitrogens is 2. The molecule has 1 aromatic heterocycles. The molecule has 9 heteroatoms. The Hall–Kier alpha value is -1.61. The van der Waals surface area contributed by atoms with E-state index < -0.39 is 16.1 Å². The maximum atomic E-state index is 12.1. The summed E-state index contributed by atoms with van der Waals surface area (Å²) in [5.41, 5.74) is 5.51. The van der Waals surface area contributed by atoms with Crippen molar-refractivity contribution in [3.63, 3.8) is 0 Å². The van der Waals surface area contributed by atoms with Gasteiger partial charge in [-0.3, -0.25) is 4.68 Å². The van der Waals surface area contributed by atoms with Gasteiger partial charge >= 0.3 is 0 Å². The van der Waals surface area contributed by atoms with E-state index >= 15 is 0 Å². The summed E-state index contributed by atoms with van der Waals surface area (Å²) >= 11 is 0. The summed E-state index contributed by atoms with van der Waals surface area (Å²) in [6, 6.07) is 0.716. The van der Waals surface area contributed by atoms with Gasteiger partial charge in [0.15, 0.2) is 10.9 Å². The second-order valence-corrected chi connectivity index (χ2v) is 5.92. The van der Waals surface area contributed by atoms with E-state index in [0.717, 1.165) is 12.8 Å². The minimum Gasteiger partial charge on any atom is -0.409 e. The Morgan fingerprint density at radius 1 is 1.72 bits per heavy atom. The molecule has 0 saturated heterocycles. The van der Waals surface area contributed by atoms with E-state index in [1.54, 1.807) is 0 Å². The highest BCUT2D eigenvalue weighted by atomic mass is 32.2. The predicted molar refractivity (Wildman–Crippen MR) is 63.5 cm³/mol. The lowest BCUT2D eigenvalue weighted by atomic mass is 10.2. The summed E-state index contributed by atoms with van der Waals surface area (Å²) in [5, 5.41) is 15.4. The Bertz CT molecular complexity index is 561. The first kappa shape index (κ1) is 12.8. The molecule has 0 amide bonds. The molecule has 8 nitrogen and oxygen atoms in total. The van der Waals surface area contributed by atoms with Gasteiger partial charge in [-0.15, -0.1) is 0 Å². The van der Waals surface area contributed by atoms with Crippen LogP contribution in [0.4, 0.5) is 0 Å². The Morgan fingerprint density at radius 2 is 2.39 bits per heavy atom. The van der Waals surface area contributed by atoms with Crippen molar-refractivity contribution in [3.8, 4) is 0 Å². The number of rotatable bonds is 5. The molecule has 0 radical (unpaired) electrons. The lowest BCUT2D eigenvalue weighted by molar-refractivity contribution is 0.314. The van der Waals surface area contributed by atoms with Crippen LogP contribution in [-0.2, 0) is 17.1 Å². The zero-order valence-corrected chi connectivity index (χ0v) is 10.6. The number of oxime groups is 1. The molecule has 1 atom stereocenters. The van der Waals surface area contributed by atoms with Crippen LogP contribution in [0, 0.1) is 5.92 Å². The van der Waals surface area contributed by atoms with Gasteiger partial charge in [-0.25, -0.2) is 8.42 Å². The summed E-state index contributed by atoms with van der Waals surface area (Å²) < 4.78 is 27.9. The van der Waals surface area contributed by atoms with E-state index in [0.29, 0.717) is 0 Å². The monoisotopic (exact) mass is 273 g/mol.